The third kappa shape index (κ3) is 3.69. The Morgan fingerprint density at radius 1 is 1.42 bits per heavy atom. The van der Waals surface area contributed by atoms with Crippen molar-refractivity contribution in [2.75, 3.05) is 0 Å². The monoisotopic (exact) mass is 279 g/mol. The van der Waals surface area contributed by atoms with Gasteiger partial charge in [0.15, 0.2) is 0 Å². The Hall–Kier alpha value is -0.610. The van der Waals surface area contributed by atoms with Crippen LogP contribution in [-0.2, 0) is 0 Å². The molecule has 3 atom stereocenters. The fourth-order valence-corrected chi connectivity index (χ4v) is 3.99. The molecule has 4 heteroatoms. The molecule has 1 aliphatic carbocycles. The summed E-state index contributed by atoms with van der Waals surface area (Å²) in [5, 5.41) is 1.53. The maximum absolute atomic E-state index is 6.31. The van der Waals surface area contributed by atoms with Crippen LogP contribution in [-0.4, -0.2) is 21.3 Å². The van der Waals surface area contributed by atoms with Gasteiger partial charge in [-0.2, -0.15) is 0 Å². The summed E-state index contributed by atoms with van der Waals surface area (Å²) in [6.45, 7) is 7.07. The normalized spacial score (nSPS) is 28.3. The maximum Gasteiger partial charge on any atom is 0.116 e. The lowest BCUT2D eigenvalue weighted by atomic mass is 9.69. The van der Waals surface area contributed by atoms with Gasteiger partial charge in [-0.15, -0.1) is 11.8 Å². The molecule has 0 saturated heterocycles. The standard InChI is InChI=1S/C15H25N3S/c1-4-15(2,3)11-5-6-12(16)13(9-11)19-14-7-8-17-10-18-14/h7-8,10-13H,4-6,9,16H2,1-3H3. The van der Waals surface area contributed by atoms with Crippen molar-refractivity contribution in [3.05, 3.63) is 18.6 Å². The van der Waals surface area contributed by atoms with Crippen LogP contribution in [0.25, 0.3) is 0 Å². The third-order valence-electron chi connectivity index (χ3n) is 4.69. The maximum atomic E-state index is 6.31. The van der Waals surface area contributed by atoms with E-state index >= 15 is 0 Å². The molecule has 1 aliphatic rings. The van der Waals surface area contributed by atoms with Gasteiger partial charge in [0.1, 0.15) is 6.33 Å². The predicted molar refractivity (Wildman–Crippen MR) is 81.1 cm³/mol. The van der Waals surface area contributed by atoms with Gasteiger partial charge in [-0.1, -0.05) is 27.2 Å². The van der Waals surface area contributed by atoms with Crippen LogP contribution < -0.4 is 5.73 Å². The summed E-state index contributed by atoms with van der Waals surface area (Å²) in [5.74, 6) is 0.775. The molecule has 106 valence electrons. The van der Waals surface area contributed by atoms with Crippen molar-refractivity contribution in [3.63, 3.8) is 0 Å². The van der Waals surface area contributed by atoms with Gasteiger partial charge in [0.25, 0.3) is 0 Å². The fourth-order valence-electron chi connectivity index (χ4n) is 2.79. The summed E-state index contributed by atoms with van der Waals surface area (Å²) in [6.07, 6.45) is 8.26. The van der Waals surface area contributed by atoms with Crippen molar-refractivity contribution >= 4 is 11.8 Å². The van der Waals surface area contributed by atoms with Crippen LogP contribution in [0, 0.1) is 11.3 Å². The SMILES string of the molecule is CCC(C)(C)C1CCC(N)C(Sc2ccncn2)C1. The van der Waals surface area contributed by atoms with E-state index in [1.807, 2.05) is 17.8 Å². The van der Waals surface area contributed by atoms with Crippen molar-refractivity contribution in [1.82, 2.24) is 9.97 Å². The van der Waals surface area contributed by atoms with E-state index in [2.05, 4.69) is 30.7 Å². The molecule has 0 amide bonds. The lowest BCUT2D eigenvalue weighted by Crippen LogP contribution is -2.42. The molecular formula is C15H25N3S. The Morgan fingerprint density at radius 2 is 2.21 bits per heavy atom. The molecule has 0 aliphatic heterocycles. The van der Waals surface area contributed by atoms with Crippen LogP contribution >= 0.6 is 11.8 Å². The molecule has 1 aromatic heterocycles. The number of hydrogen-bond acceptors (Lipinski definition) is 4. The Balaban J connectivity index is 2.03. The second-order valence-corrected chi connectivity index (χ2v) is 7.48. The summed E-state index contributed by atoms with van der Waals surface area (Å²) in [4.78, 5) is 8.28. The van der Waals surface area contributed by atoms with E-state index in [1.54, 1.807) is 12.5 Å². The molecule has 1 aromatic rings. The first kappa shape index (κ1) is 14.8. The minimum atomic E-state index is 0.295. The van der Waals surface area contributed by atoms with Crippen LogP contribution in [0.15, 0.2) is 23.6 Å². The highest BCUT2D eigenvalue weighted by atomic mass is 32.2. The first-order valence-corrected chi connectivity index (χ1v) is 8.09. The molecule has 0 radical (unpaired) electrons. The van der Waals surface area contributed by atoms with Crippen molar-refractivity contribution in [2.45, 2.75) is 62.8 Å². The summed E-state index contributed by atoms with van der Waals surface area (Å²) >= 11 is 1.83. The molecule has 2 rings (SSSR count). The molecule has 3 unspecified atom stereocenters. The van der Waals surface area contributed by atoms with Gasteiger partial charge in [0, 0.05) is 17.5 Å². The summed E-state index contributed by atoms with van der Waals surface area (Å²) in [6, 6.07) is 2.27. The summed E-state index contributed by atoms with van der Waals surface area (Å²) in [7, 11) is 0. The lowest BCUT2D eigenvalue weighted by molar-refractivity contribution is 0.148. The minimum Gasteiger partial charge on any atom is -0.327 e. The summed E-state index contributed by atoms with van der Waals surface area (Å²) < 4.78 is 0. The molecule has 3 nitrogen and oxygen atoms in total. The first-order valence-electron chi connectivity index (χ1n) is 7.21. The van der Waals surface area contributed by atoms with E-state index in [0.717, 1.165) is 17.4 Å². The van der Waals surface area contributed by atoms with Gasteiger partial charge in [-0.3, -0.25) is 0 Å². The number of thioether (sulfide) groups is 1. The number of rotatable bonds is 4. The molecule has 0 bridgehead atoms. The zero-order valence-electron chi connectivity index (χ0n) is 12.2. The number of hydrogen-bond donors (Lipinski definition) is 1. The zero-order valence-corrected chi connectivity index (χ0v) is 13.0. The Bertz CT molecular complexity index is 394. The average Bonchev–Trinajstić information content (AvgIpc) is 2.42. The first-order chi connectivity index (χ1) is 9.03. The molecule has 0 spiro atoms. The van der Waals surface area contributed by atoms with Crippen LogP contribution in [0.4, 0.5) is 0 Å². The second kappa shape index (κ2) is 6.23. The molecule has 2 N–H and O–H groups in total. The van der Waals surface area contributed by atoms with Crippen molar-refractivity contribution < 1.29 is 0 Å². The quantitative estimate of drug-likeness (QED) is 0.857. The van der Waals surface area contributed by atoms with Gasteiger partial charge in [0.2, 0.25) is 0 Å². The molecule has 1 saturated carbocycles. The van der Waals surface area contributed by atoms with E-state index < -0.39 is 0 Å². The van der Waals surface area contributed by atoms with E-state index in [9.17, 15) is 0 Å². The highest BCUT2D eigenvalue weighted by Crippen LogP contribution is 2.44. The highest BCUT2D eigenvalue weighted by molar-refractivity contribution is 7.99. The van der Waals surface area contributed by atoms with Gasteiger partial charge in [0.05, 0.1) is 5.03 Å². The Labute approximate surface area is 120 Å². The van der Waals surface area contributed by atoms with Crippen molar-refractivity contribution in [2.24, 2.45) is 17.1 Å². The smallest absolute Gasteiger partial charge is 0.116 e. The van der Waals surface area contributed by atoms with Crippen LogP contribution in [0.3, 0.4) is 0 Å². The zero-order chi connectivity index (χ0) is 13.9. The topological polar surface area (TPSA) is 51.8 Å². The van der Waals surface area contributed by atoms with Crippen LogP contribution in [0.2, 0.25) is 0 Å². The third-order valence-corrected chi connectivity index (χ3v) is 6.01. The van der Waals surface area contributed by atoms with Gasteiger partial charge < -0.3 is 5.73 Å². The van der Waals surface area contributed by atoms with Gasteiger partial charge in [-0.25, -0.2) is 9.97 Å². The second-order valence-electron chi connectivity index (χ2n) is 6.22. The van der Waals surface area contributed by atoms with Crippen LogP contribution in [0.1, 0.15) is 46.5 Å². The number of aromatic nitrogens is 2. The number of nitrogens with two attached hydrogens (primary N) is 1. The summed E-state index contributed by atoms with van der Waals surface area (Å²) in [5.41, 5.74) is 6.73. The number of nitrogens with zero attached hydrogens (tertiary/aromatic N) is 2. The van der Waals surface area contributed by atoms with E-state index in [0.29, 0.717) is 16.7 Å². The molecular weight excluding hydrogens is 254 g/mol. The Morgan fingerprint density at radius 3 is 2.84 bits per heavy atom. The van der Waals surface area contributed by atoms with Crippen molar-refractivity contribution in [3.8, 4) is 0 Å². The average molecular weight is 279 g/mol. The lowest BCUT2D eigenvalue weighted by Gasteiger charge is -2.41. The minimum absolute atomic E-state index is 0.295. The van der Waals surface area contributed by atoms with Crippen molar-refractivity contribution in [1.29, 1.82) is 0 Å². The highest BCUT2D eigenvalue weighted by Gasteiger charge is 2.36. The Kier molecular flexibility index (Phi) is 4.85. The predicted octanol–water partition coefficient (Wildman–Crippen LogP) is 3.50. The fraction of sp³-hybridized carbons (Fsp3) is 0.733. The largest absolute Gasteiger partial charge is 0.327 e. The van der Waals surface area contributed by atoms with E-state index in [1.165, 1.54) is 19.3 Å². The van der Waals surface area contributed by atoms with Crippen LogP contribution in [0.5, 0.6) is 0 Å². The van der Waals surface area contributed by atoms with E-state index in [-0.39, 0.29) is 0 Å². The molecule has 0 aromatic carbocycles. The molecule has 1 fully saturated rings. The van der Waals surface area contributed by atoms with Gasteiger partial charge in [-0.05, 0) is 36.7 Å². The van der Waals surface area contributed by atoms with E-state index in [4.69, 9.17) is 5.73 Å². The molecule has 1 heterocycles. The van der Waals surface area contributed by atoms with Gasteiger partial charge >= 0.3 is 0 Å². The molecule has 19 heavy (non-hydrogen) atoms.